The Hall–Kier alpha value is -3.06. The first-order valence-corrected chi connectivity index (χ1v) is 9.48. The van der Waals surface area contributed by atoms with Gasteiger partial charge in [0.2, 0.25) is 5.91 Å². The van der Waals surface area contributed by atoms with Crippen LogP contribution in [0.5, 0.6) is 11.5 Å². The van der Waals surface area contributed by atoms with E-state index < -0.39 is 0 Å². The van der Waals surface area contributed by atoms with E-state index in [-0.39, 0.29) is 24.8 Å². The summed E-state index contributed by atoms with van der Waals surface area (Å²) in [7, 11) is 4.64. The summed E-state index contributed by atoms with van der Waals surface area (Å²) in [6.07, 6.45) is 2.02. The molecule has 0 aliphatic carbocycles. The lowest BCUT2D eigenvalue weighted by molar-refractivity contribution is -0.122. The highest BCUT2D eigenvalue weighted by atomic mass is 16.5. The topological polar surface area (TPSA) is 77.1 Å². The van der Waals surface area contributed by atoms with Crippen molar-refractivity contribution in [3.8, 4) is 11.5 Å². The van der Waals surface area contributed by atoms with E-state index in [0.29, 0.717) is 23.7 Å². The van der Waals surface area contributed by atoms with Crippen molar-refractivity contribution in [1.82, 2.24) is 0 Å². The summed E-state index contributed by atoms with van der Waals surface area (Å²) in [6.45, 7) is 0.688. The molecule has 1 N–H and O–H groups in total. The smallest absolute Gasteiger partial charge is 0.252 e. The van der Waals surface area contributed by atoms with E-state index in [1.807, 2.05) is 24.3 Å². The number of aryl methyl sites for hydroxylation is 1. The number of amides is 2. The lowest BCUT2D eigenvalue weighted by atomic mass is 10.0. The van der Waals surface area contributed by atoms with Gasteiger partial charge in [0.15, 0.2) is 11.5 Å². The molecule has 0 bridgehead atoms. The summed E-state index contributed by atoms with van der Waals surface area (Å²) >= 11 is 0. The van der Waals surface area contributed by atoms with Crippen molar-refractivity contribution >= 4 is 23.2 Å². The largest absolute Gasteiger partial charge is 0.493 e. The zero-order valence-corrected chi connectivity index (χ0v) is 17.0. The quantitative estimate of drug-likeness (QED) is 0.776. The minimum Gasteiger partial charge on any atom is -0.493 e. The van der Waals surface area contributed by atoms with Crippen LogP contribution in [-0.4, -0.2) is 46.3 Å². The van der Waals surface area contributed by atoms with E-state index in [2.05, 4.69) is 5.32 Å². The summed E-state index contributed by atoms with van der Waals surface area (Å²) in [4.78, 5) is 26.6. The monoisotopic (exact) mass is 398 g/mol. The Balaban J connectivity index is 1.73. The van der Waals surface area contributed by atoms with Crippen LogP contribution in [0.1, 0.15) is 17.5 Å². The van der Waals surface area contributed by atoms with Gasteiger partial charge in [-0.25, -0.2) is 0 Å². The Kier molecular flexibility index (Phi) is 6.72. The number of hydrogen-bond acceptors (Lipinski definition) is 5. The summed E-state index contributed by atoms with van der Waals surface area (Å²) in [6, 6.07) is 11.1. The molecule has 3 rings (SSSR count). The Morgan fingerprint density at radius 3 is 2.55 bits per heavy atom. The second-order valence-electron chi connectivity index (χ2n) is 6.84. The number of carbonyl (C=O) groups excluding carboxylic acids is 2. The minimum absolute atomic E-state index is 0.0370. The van der Waals surface area contributed by atoms with Crippen LogP contribution in [0.2, 0.25) is 0 Å². The van der Waals surface area contributed by atoms with Crippen molar-refractivity contribution in [2.24, 2.45) is 0 Å². The van der Waals surface area contributed by atoms with Gasteiger partial charge in [-0.3, -0.25) is 9.59 Å². The van der Waals surface area contributed by atoms with Crippen LogP contribution >= 0.6 is 0 Å². The van der Waals surface area contributed by atoms with Gasteiger partial charge in [-0.05, 0) is 48.2 Å². The molecule has 0 saturated carbocycles. The predicted molar refractivity (Wildman–Crippen MR) is 111 cm³/mol. The van der Waals surface area contributed by atoms with Gasteiger partial charge in [-0.1, -0.05) is 12.1 Å². The third-order valence-corrected chi connectivity index (χ3v) is 4.87. The first kappa shape index (κ1) is 20.7. The summed E-state index contributed by atoms with van der Waals surface area (Å²) in [5.74, 6) is 0.969. The third-order valence-electron chi connectivity index (χ3n) is 4.87. The van der Waals surface area contributed by atoms with Gasteiger partial charge in [0, 0.05) is 25.0 Å². The van der Waals surface area contributed by atoms with Gasteiger partial charge in [0.25, 0.3) is 5.91 Å². The number of fused-ring (bicyclic) bond motifs is 1. The Morgan fingerprint density at radius 1 is 1.03 bits per heavy atom. The van der Waals surface area contributed by atoms with Gasteiger partial charge in [-0.15, -0.1) is 0 Å². The van der Waals surface area contributed by atoms with Crippen molar-refractivity contribution in [3.63, 3.8) is 0 Å². The fraction of sp³-hybridized carbons (Fsp3) is 0.364. The van der Waals surface area contributed by atoms with Crippen molar-refractivity contribution in [3.05, 3.63) is 47.5 Å². The molecule has 0 spiro atoms. The highest BCUT2D eigenvalue weighted by Gasteiger charge is 2.23. The molecule has 2 aromatic rings. The summed E-state index contributed by atoms with van der Waals surface area (Å²) < 4.78 is 15.5. The van der Waals surface area contributed by atoms with Crippen LogP contribution in [0.25, 0.3) is 0 Å². The fourth-order valence-corrected chi connectivity index (χ4v) is 3.49. The van der Waals surface area contributed by atoms with Gasteiger partial charge >= 0.3 is 0 Å². The molecule has 1 aliphatic rings. The molecule has 1 aliphatic heterocycles. The van der Waals surface area contributed by atoms with Crippen LogP contribution in [0.15, 0.2) is 36.4 Å². The first-order valence-electron chi connectivity index (χ1n) is 9.48. The number of carbonyl (C=O) groups is 2. The maximum atomic E-state index is 12.5. The standard InChI is InChI=1S/C22H26N2O5/c1-27-14-22(26)24-10-4-5-16-7-8-17(13-18(16)24)23-21(25)12-15-6-9-19(28-2)20(11-15)29-3/h6-9,11,13H,4-5,10,12,14H2,1-3H3,(H,23,25). The molecule has 0 radical (unpaired) electrons. The average molecular weight is 398 g/mol. The van der Waals surface area contributed by atoms with Crippen molar-refractivity contribution in [2.75, 3.05) is 44.7 Å². The molecule has 7 heteroatoms. The highest BCUT2D eigenvalue weighted by Crippen LogP contribution is 2.31. The minimum atomic E-state index is -0.150. The molecular formula is C22H26N2O5. The fourth-order valence-electron chi connectivity index (χ4n) is 3.49. The van der Waals surface area contributed by atoms with E-state index in [4.69, 9.17) is 14.2 Å². The molecule has 154 valence electrons. The lowest BCUT2D eigenvalue weighted by Crippen LogP contribution is -2.37. The van der Waals surface area contributed by atoms with E-state index in [0.717, 1.165) is 29.7 Å². The maximum absolute atomic E-state index is 12.5. The number of methoxy groups -OCH3 is 3. The van der Waals surface area contributed by atoms with E-state index in [9.17, 15) is 9.59 Å². The number of ether oxygens (including phenoxy) is 3. The Bertz CT molecular complexity index is 897. The highest BCUT2D eigenvalue weighted by molar-refractivity contribution is 5.97. The number of nitrogens with one attached hydrogen (secondary N) is 1. The molecule has 7 nitrogen and oxygen atoms in total. The number of benzene rings is 2. The maximum Gasteiger partial charge on any atom is 0.252 e. The molecule has 0 atom stereocenters. The van der Waals surface area contributed by atoms with E-state index in [1.165, 1.54) is 7.11 Å². The molecule has 2 amide bonds. The van der Waals surface area contributed by atoms with Crippen LogP contribution in [-0.2, 0) is 27.2 Å². The van der Waals surface area contributed by atoms with Crippen LogP contribution in [0.3, 0.4) is 0 Å². The van der Waals surface area contributed by atoms with Gasteiger partial charge in [0.1, 0.15) is 6.61 Å². The normalized spacial score (nSPS) is 12.9. The van der Waals surface area contributed by atoms with Crippen LogP contribution in [0, 0.1) is 0 Å². The molecule has 0 saturated heterocycles. The van der Waals surface area contributed by atoms with Gasteiger partial charge in [-0.2, -0.15) is 0 Å². The van der Waals surface area contributed by atoms with E-state index >= 15 is 0 Å². The Morgan fingerprint density at radius 2 is 1.83 bits per heavy atom. The van der Waals surface area contributed by atoms with Crippen molar-refractivity contribution < 1.29 is 23.8 Å². The van der Waals surface area contributed by atoms with Crippen molar-refractivity contribution in [2.45, 2.75) is 19.3 Å². The number of hydrogen-bond donors (Lipinski definition) is 1. The van der Waals surface area contributed by atoms with Crippen LogP contribution in [0.4, 0.5) is 11.4 Å². The SMILES string of the molecule is COCC(=O)N1CCCc2ccc(NC(=O)Cc3ccc(OC)c(OC)c3)cc21. The summed E-state index contributed by atoms with van der Waals surface area (Å²) in [5.41, 5.74) is 3.40. The molecule has 0 aromatic heterocycles. The van der Waals surface area contributed by atoms with E-state index in [1.54, 1.807) is 31.3 Å². The first-order chi connectivity index (χ1) is 14.0. The van der Waals surface area contributed by atoms with Crippen LogP contribution < -0.4 is 19.7 Å². The molecular weight excluding hydrogens is 372 g/mol. The number of rotatable bonds is 7. The number of nitrogens with zero attached hydrogens (tertiary/aromatic N) is 1. The average Bonchev–Trinajstić information content (AvgIpc) is 2.73. The number of anilines is 2. The second-order valence-corrected chi connectivity index (χ2v) is 6.84. The molecule has 0 unspecified atom stereocenters. The predicted octanol–water partition coefficient (Wildman–Crippen LogP) is 2.81. The Labute approximate surface area is 170 Å². The third kappa shape index (κ3) is 4.86. The lowest BCUT2D eigenvalue weighted by Gasteiger charge is -2.30. The molecule has 29 heavy (non-hydrogen) atoms. The second kappa shape index (κ2) is 9.43. The zero-order valence-electron chi connectivity index (χ0n) is 17.0. The zero-order chi connectivity index (χ0) is 20.8. The van der Waals surface area contributed by atoms with Gasteiger partial charge in [0.05, 0.1) is 20.6 Å². The molecule has 2 aromatic carbocycles. The van der Waals surface area contributed by atoms with Crippen molar-refractivity contribution in [1.29, 1.82) is 0 Å². The molecule has 1 heterocycles. The summed E-state index contributed by atoms with van der Waals surface area (Å²) in [5, 5.41) is 2.92. The van der Waals surface area contributed by atoms with Gasteiger partial charge < -0.3 is 24.4 Å². The molecule has 0 fully saturated rings.